The van der Waals surface area contributed by atoms with Gasteiger partial charge in [0.05, 0.1) is 4.90 Å². The largest absolute Gasteiger partial charge is 0.352 e. The minimum absolute atomic E-state index is 0.183. The fraction of sp³-hybridized carbons (Fsp3) is 0.588. The smallest absolute Gasteiger partial charge is 0.242 e. The minimum Gasteiger partial charge on any atom is -0.352 e. The van der Waals surface area contributed by atoms with E-state index in [2.05, 4.69) is 29.1 Å². The van der Waals surface area contributed by atoms with Gasteiger partial charge < -0.3 is 10.2 Å². The Morgan fingerprint density at radius 2 is 2.04 bits per heavy atom. The maximum absolute atomic E-state index is 12.5. The molecule has 1 aromatic rings. The number of thioether (sulfide) groups is 1. The van der Waals surface area contributed by atoms with Crippen molar-refractivity contribution in [2.75, 3.05) is 40.0 Å². The van der Waals surface area contributed by atoms with Crippen LogP contribution in [0.3, 0.4) is 0 Å². The average molecular weight is 385 g/mol. The van der Waals surface area contributed by atoms with E-state index < -0.39 is 10.0 Å². The van der Waals surface area contributed by atoms with Gasteiger partial charge in [-0.15, -0.1) is 0 Å². The lowest BCUT2D eigenvalue weighted by Gasteiger charge is -2.39. The van der Waals surface area contributed by atoms with E-state index in [0.29, 0.717) is 11.4 Å². The van der Waals surface area contributed by atoms with E-state index in [1.807, 2.05) is 23.9 Å². The molecule has 0 aromatic heterocycles. The lowest BCUT2D eigenvalue weighted by molar-refractivity contribution is 0.375. The zero-order chi connectivity index (χ0) is 18.7. The second kappa shape index (κ2) is 7.97. The predicted molar refractivity (Wildman–Crippen MR) is 106 cm³/mol. The van der Waals surface area contributed by atoms with Gasteiger partial charge in [-0.05, 0) is 25.5 Å². The number of guanidine groups is 1. The van der Waals surface area contributed by atoms with Crippen LogP contribution < -0.4 is 5.32 Å². The maximum atomic E-state index is 12.5. The molecule has 2 rings (SSSR count). The second-order valence-electron chi connectivity index (χ2n) is 6.83. The van der Waals surface area contributed by atoms with Crippen LogP contribution in [0.1, 0.15) is 19.4 Å². The van der Waals surface area contributed by atoms with Crippen molar-refractivity contribution in [1.29, 1.82) is 0 Å². The number of hydrogen-bond donors (Lipinski definition) is 1. The van der Waals surface area contributed by atoms with Crippen LogP contribution in [0.25, 0.3) is 0 Å². The summed E-state index contributed by atoms with van der Waals surface area (Å²) in [7, 11) is 1.39. The number of aliphatic imine (C=N–C) groups is 1. The summed E-state index contributed by atoms with van der Waals surface area (Å²) in [6.07, 6.45) is 0. The molecule has 8 heteroatoms. The van der Waals surface area contributed by atoms with Crippen molar-refractivity contribution in [3.8, 4) is 0 Å². The molecule has 140 valence electrons. The predicted octanol–water partition coefficient (Wildman–Crippen LogP) is 1.84. The van der Waals surface area contributed by atoms with E-state index in [1.54, 1.807) is 33.3 Å². The van der Waals surface area contributed by atoms with Crippen molar-refractivity contribution in [2.24, 2.45) is 4.99 Å². The number of rotatable bonds is 4. The fourth-order valence-electron chi connectivity index (χ4n) is 2.80. The highest BCUT2D eigenvalue weighted by Gasteiger charge is 2.29. The first-order chi connectivity index (χ1) is 11.7. The summed E-state index contributed by atoms with van der Waals surface area (Å²) in [5.74, 6) is 1.87. The Hall–Kier alpha value is -1.25. The maximum Gasteiger partial charge on any atom is 0.242 e. The van der Waals surface area contributed by atoms with Gasteiger partial charge in [0.15, 0.2) is 5.96 Å². The van der Waals surface area contributed by atoms with Gasteiger partial charge in [-0.25, -0.2) is 12.7 Å². The molecule has 0 spiro atoms. The van der Waals surface area contributed by atoms with Crippen LogP contribution in [0.2, 0.25) is 0 Å². The van der Waals surface area contributed by atoms with Gasteiger partial charge in [0, 0.05) is 51.3 Å². The molecule has 0 atom stereocenters. The van der Waals surface area contributed by atoms with Gasteiger partial charge in [-0.1, -0.05) is 18.2 Å². The number of nitrogens with one attached hydrogen (secondary N) is 1. The van der Waals surface area contributed by atoms with E-state index in [4.69, 9.17) is 0 Å². The van der Waals surface area contributed by atoms with Gasteiger partial charge in [0.1, 0.15) is 0 Å². The Labute approximate surface area is 155 Å². The fourth-order valence-corrected chi connectivity index (χ4v) is 5.03. The molecule has 0 bridgehead atoms. The Morgan fingerprint density at radius 3 is 2.64 bits per heavy atom. The third kappa shape index (κ3) is 4.89. The van der Waals surface area contributed by atoms with E-state index >= 15 is 0 Å². The number of benzene rings is 1. The van der Waals surface area contributed by atoms with Gasteiger partial charge in [-0.2, -0.15) is 11.8 Å². The second-order valence-corrected chi connectivity index (χ2v) is 10.7. The lowest BCUT2D eigenvalue weighted by atomic mass is 10.2. The molecule has 1 fully saturated rings. The van der Waals surface area contributed by atoms with Crippen LogP contribution in [-0.2, 0) is 16.6 Å². The molecule has 0 radical (unpaired) electrons. The molecule has 1 N–H and O–H groups in total. The molecule has 0 amide bonds. The molecule has 0 aliphatic carbocycles. The van der Waals surface area contributed by atoms with Gasteiger partial charge >= 0.3 is 0 Å². The van der Waals surface area contributed by atoms with Crippen LogP contribution in [-0.4, -0.2) is 68.3 Å². The van der Waals surface area contributed by atoms with Gasteiger partial charge in [-0.3, -0.25) is 4.99 Å². The number of sulfonamides is 1. The van der Waals surface area contributed by atoms with Crippen LogP contribution in [0.5, 0.6) is 0 Å². The van der Waals surface area contributed by atoms with Crippen molar-refractivity contribution < 1.29 is 8.42 Å². The highest BCUT2D eigenvalue weighted by atomic mass is 32.2. The molecule has 6 nitrogen and oxygen atoms in total. The summed E-state index contributed by atoms with van der Waals surface area (Å²) in [4.78, 5) is 6.95. The van der Waals surface area contributed by atoms with Crippen molar-refractivity contribution in [1.82, 2.24) is 14.5 Å². The van der Waals surface area contributed by atoms with E-state index in [0.717, 1.165) is 30.4 Å². The third-order valence-corrected chi connectivity index (χ3v) is 7.32. The molecule has 0 saturated carbocycles. The highest BCUT2D eigenvalue weighted by Crippen LogP contribution is 2.29. The summed E-state index contributed by atoms with van der Waals surface area (Å²) in [6.45, 7) is 6.73. The summed E-state index contributed by atoms with van der Waals surface area (Å²) >= 11 is 1.97. The molecular formula is C17H28N4O2S2. The third-order valence-electron chi connectivity index (χ3n) is 4.11. The first-order valence-corrected chi connectivity index (χ1v) is 10.7. The summed E-state index contributed by atoms with van der Waals surface area (Å²) in [6, 6.07) is 7.09. The molecule has 0 unspecified atom stereocenters. The minimum atomic E-state index is -3.47. The van der Waals surface area contributed by atoms with Crippen LogP contribution in [0, 0.1) is 0 Å². The molecular weight excluding hydrogens is 356 g/mol. The average Bonchev–Trinajstić information content (AvgIpc) is 2.54. The quantitative estimate of drug-likeness (QED) is 0.634. The molecule has 1 aliphatic heterocycles. The van der Waals surface area contributed by atoms with Gasteiger partial charge in [0.25, 0.3) is 0 Å². The van der Waals surface area contributed by atoms with E-state index in [9.17, 15) is 8.42 Å². The molecule has 1 aromatic carbocycles. The lowest BCUT2D eigenvalue weighted by Crippen LogP contribution is -2.50. The number of nitrogens with zero attached hydrogens (tertiary/aromatic N) is 3. The zero-order valence-electron chi connectivity index (χ0n) is 15.6. The molecule has 1 heterocycles. The Morgan fingerprint density at radius 1 is 1.36 bits per heavy atom. The Kier molecular flexibility index (Phi) is 6.40. The van der Waals surface area contributed by atoms with Crippen LogP contribution in [0.4, 0.5) is 0 Å². The molecule has 1 saturated heterocycles. The summed E-state index contributed by atoms with van der Waals surface area (Å²) < 4.78 is 26.4. The molecule has 1 aliphatic rings. The van der Waals surface area contributed by atoms with Crippen molar-refractivity contribution in [3.05, 3.63) is 29.8 Å². The monoisotopic (exact) mass is 384 g/mol. The van der Waals surface area contributed by atoms with E-state index in [-0.39, 0.29) is 4.75 Å². The SMILES string of the molecule is CN=C(NCc1ccccc1S(=O)(=O)N(C)C)N1CCSC(C)(C)C1. The first kappa shape index (κ1) is 20.1. The Balaban J connectivity index is 2.16. The van der Waals surface area contributed by atoms with Crippen molar-refractivity contribution in [3.63, 3.8) is 0 Å². The standard InChI is InChI=1S/C17H28N4O2S2/c1-17(2)13-21(10-11-24-17)16(18-3)19-12-14-8-6-7-9-15(14)25(22,23)20(4)5/h6-9H,10-13H2,1-5H3,(H,18,19). The zero-order valence-corrected chi connectivity index (χ0v) is 17.2. The highest BCUT2D eigenvalue weighted by molar-refractivity contribution is 8.00. The van der Waals surface area contributed by atoms with Crippen LogP contribution >= 0.6 is 11.8 Å². The van der Waals surface area contributed by atoms with Gasteiger partial charge in [0.2, 0.25) is 10.0 Å². The number of hydrogen-bond acceptors (Lipinski definition) is 4. The van der Waals surface area contributed by atoms with Crippen molar-refractivity contribution in [2.45, 2.75) is 30.0 Å². The van der Waals surface area contributed by atoms with Crippen molar-refractivity contribution >= 4 is 27.7 Å². The summed E-state index contributed by atoms with van der Waals surface area (Å²) in [5, 5.41) is 3.33. The molecule has 25 heavy (non-hydrogen) atoms. The topological polar surface area (TPSA) is 65.0 Å². The Bertz CT molecular complexity index is 730. The van der Waals surface area contributed by atoms with Crippen LogP contribution in [0.15, 0.2) is 34.2 Å². The summed E-state index contributed by atoms with van der Waals surface area (Å²) in [5.41, 5.74) is 0.739. The first-order valence-electron chi connectivity index (χ1n) is 8.27. The van der Waals surface area contributed by atoms with E-state index in [1.165, 1.54) is 4.31 Å². The normalized spacial score (nSPS) is 18.5.